The number of hydrogen-bond acceptors (Lipinski definition) is 7. The van der Waals surface area contributed by atoms with Crippen LogP contribution in [-0.2, 0) is 10.2 Å². The van der Waals surface area contributed by atoms with Crippen LogP contribution in [0.4, 0.5) is 19.6 Å². The summed E-state index contributed by atoms with van der Waals surface area (Å²) < 4.78 is 34.7. The van der Waals surface area contributed by atoms with E-state index >= 15 is 0 Å². The molecule has 1 aliphatic carbocycles. The third-order valence-corrected chi connectivity index (χ3v) is 7.46. The van der Waals surface area contributed by atoms with Crippen LogP contribution in [0, 0.1) is 23.0 Å². The normalized spacial score (nSPS) is 13.9. The van der Waals surface area contributed by atoms with Crippen molar-refractivity contribution in [1.82, 2.24) is 9.97 Å². The van der Waals surface area contributed by atoms with E-state index in [2.05, 4.69) is 26.7 Å². The minimum Gasteiger partial charge on any atom is -0.436 e. The van der Waals surface area contributed by atoms with Gasteiger partial charge >= 0.3 is 0 Å². The van der Waals surface area contributed by atoms with Gasteiger partial charge in [-0.1, -0.05) is 35.1 Å². The van der Waals surface area contributed by atoms with Crippen LogP contribution in [0.1, 0.15) is 42.1 Å². The lowest BCUT2D eigenvalue weighted by Gasteiger charge is -2.36. The van der Waals surface area contributed by atoms with Gasteiger partial charge in [-0.25, -0.2) is 18.7 Å². The van der Waals surface area contributed by atoms with Gasteiger partial charge in [0.1, 0.15) is 16.2 Å². The summed E-state index contributed by atoms with van der Waals surface area (Å²) >= 11 is 7.60. The van der Waals surface area contributed by atoms with Crippen molar-refractivity contribution in [3.8, 4) is 17.7 Å². The highest BCUT2D eigenvalue weighted by molar-refractivity contribution is 7.21. The second-order valence-electron chi connectivity index (χ2n) is 8.71. The van der Waals surface area contributed by atoms with Crippen LogP contribution < -0.4 is 15.4 Å². The Balaban J connectivity index is 1.40. The number of rotatable bonds is 6. The number of amides is 2. The quantitative estimate of drug-likeness (QED) is 0.279. The highest BCUT2D eigenvalue weighted by atomic mass is 35.5. The first-order valence-corrected chi connectivity index (χ1v) is 12.6. The number of anilines is 2. The Morgan fingerprint density at radius 3 is 2.61 bits per heavy atom. The monoisotopic (exact) mass is 553 g/mol. The molecule has 12 heteroatoms. The zero-order valence-electron chi connectivity index (χ0n) is 19.8. The molecule has 2 N–H and O–H groups in total. The maximum atomic E-state index is 14.6. The van der Waals surface area contributed by atoms with E-state index in [1.165, 1.54) is 19.1 Å². The number of hydrogen-bond donors (Lipinski definition) is 2. The number of nitrogens with one attached hydrogen (secondary N) is 2. The molecule has 38 heavy (non-hydrogen) atoms. The highest BCUT2D eigenvalue weighted by Crippen LogP contribution is 2.46. The molecule has 4 aromatic rings. The number of nitriles is 1. The van der Waals surface area contributed by atoms with E-state index in [9.17, 15) is 23.6 Å². The van der Waals surface area contributed by atoms with Crippen molar-refractivity contribution >= 4 is 55.9 Å². The summed E-state index contributed by atoms with van der Waals surface area (Å²) in [6.07, 6.45) is 2.15. The summed E-state index contributed by atoms with van der Waals surface area (Å²) in [5.41, 5.74) is 0.0283. The fraction of sp³-hybridized carbons (Fsp3) is 0.192. The first kappa shape index (κ1) is 25.5. The molecule has 8 nitrogen and oxygen atoms in total. The van der Waals surface area contributed by atoms with Crippen molar-refractivity contribution in [1.29, 1.82) is 5.26 Å². The Labute approximate surface area is 224 Å². The Kier molecular flexibility index (Phi) is 6.69. The number of carbonyl (C=O) groups is 2. The lowest BCUT2D eigenvalue weighted by molar-refractivity contribution is -0.114. The molecule has 1 aliphatic rings. The van der Waals surface area contributed by atoms with Gasteiger partial charge in [-0.3, -0.25) is 9.59 Å². The lowest BCUT2D eigenvalue weighted by atomic mass is 9.65. The molecule has 0 radical (unpaired) electrons. The van der Waals surface area contributed by atoms with Crippen LogP contribution in [0.25, 0.3) is 10.3 Å². The second-order valence-corrected chi connectivity index (χ2v) is 10.1. The predicted molar refractivity (Wildman–Crippen MR) is 139 cm³/mol. The zero-order valence-corrected chi connectivity index (χ0v) is 21.3. The van der Waals surface area contributed by atoms with Gasteiger partial charge in [-0.15, -0.1) is 0 Å². The zero-order chi connectivity index (χ0) is 27.0. The number of fused-ring (bicyclic) bond motifs is 1. The molecule has 0 aliphatic heterocycles. The average molecular weight is 554 g/mol. The van der Waals surface area contributed by atoms with Crippen molar-refractivity contribution in [3.05, 3.63) is 70.2 Å². The molecule has 5 rings (SSSR count). The molecule has 1 saturated carbocycles. The van der Waals surface area contributed by atoms with E-state index in [4.69, 9.17) is 16.3 Å². The second kappa shape index (κ2) is 9.96. The summed E-state index contributed by atoms with van der Waals surface area (Å²) in [5, 5.41) is 15.1. The van der Waals surface area contributed by atoms with Crippen LogP contribution in [0.5, 0.6) is 11.6 Å². The molecular formula is C26H18ClF2N5O3S. The third-order valence-electron chi connectivity index (χ3n) is 6.18. The topological polar surface area (TPSA) is 117 Å². The number of benzene rings is 2. The minimum atomic E-state index is -1.02. The van der Waals surface area contributed by atoms with E-state index in [-0.39, 0.29) is 33.8 Å². The molecule has 0 saturated heterocycles. The van der Waals surface area contributed by atoms with Crippen LogP contribution in [-0.4, -0.2) is 21.8 Å². The van der Waals surface area contributed by atoms with Crippen molar-refractivity contribution in [2.75, 3.05) is 10.6 Å². The number of pyridine rings is 1. The number of carbonyl (C=O) groups excluding carboxylic acids is 2. The molecule has 1 fully saturated rings. The van der Waals surface area contributed by atoms with Crippen LogP contribution in [0.2, 0.25) is 5.02 Å². The smallest absolute Gasteiger partial charge is 0.257 e. The van der Waals surface area contributed by atoms with E-state index in [1.54, 1.807) is 18.2 Å². The Morgan fingerprint density at radius 2 is 1.92 bits per heavy atom. The average Bonchev–Trinajstić information content (AvgIpc) is 3.23. The number of aromatic nitrogens is 2. The summed E-state index contributed by atoms with van der Waals surface area (Å²) in [6, 6.07) is 11.7. The largest absolute Gasteiger partial charge is 0.436 e. The van der Waals surface area contributed by atoms with Crippen molar-refractivity contribution in [3.63, 3.8) is 0 Å². The summed E-state index contributed by atoms with van der Waals surface area (Å²) in [5.74, 6) is -3.42. The Morgan fingerprint density at radius 1 is 1.13 bits per heavy atom. The van der Waals surface area contributed by atoms with Crippen LogP contribution in [0.3, 0.4) is 0 Å². The fourth-order valence-electron chi connectivity index (χ4n) is 4.12. The number of nitrogens with zero attached hydrogens (tertiary/aromatic N) is 3. The third kappa shape index (κ3) is 4.76. The molecule has 2 heterocycles. The Bertz CT molecular complexity index is 1650. The predicted octanol–water partition coefficient (Wildman–Crippen LogP) is 6.57. The van der Waals surface area contributed by atoms with Crippen LogP contribution >= 0.6 is 22.9 Å². The molecule has 2 aromatic heterocycles. The summed E-state index contributed by atoms with van der Waals surface area (Å²) in [6.45, 7) is 1.35. The molecule has 0 bridgehead atoms. The van der Waals surface area contributed by atoms with E-state index in [1.807, 2.05) is 0 Å². The van der Waals surface area contributed by atoms with E-state index < -0.39 is 23.0 Å². The van der Waals surface area contributed by atoms with Gasteiger partial charge in [0.05, 0.1) is 27.8 Å². The molecule has 192 valence electrons. The molecule has 0 unspecified atom stereocenters. The standard InChI is InChI=1S/C26H18ClF2N5O3S/c1-13(35)31-25-33-18-6-7-21(34-24(18)38-25)37-20-11-19(16(28)10-17(20)29)32-23(36)14-4-2-5-15(22(14)27)26(12-30)8-3-9-26/h2,4-7,10-11H,3,8-9H2,1H3,(H,32,36)(H,31,33,35). The maximum absolute atomic E-state index is 14.6. The molecule has 0 spiro atoms. The number of thiazole rings is 1. The fourth-order valence-corrected chi connectivity index (χ4v) is 5.38. The van der Waals surface area contributed by atoms with Gasteiger partial charge in [0, 0.05) is 25.1 Å². The van der Waals surface area contributed by atoms with Crippen LogP contribution in [0.15, 0.2) is 42.5 Å². The van der Waals surface area contributed by atoms with Crippen molar-refractivity contribution in [2.45, 2.75) is 31.6 Å². The molecular weight excluding hydrogens is 536 g/mol. The SMILES string of the molecule is CC(=O)Nc1nc2ccc(Oc3cc(NC(=O)c4cccc(C5(C#N)CCC5)c4Cl)c(F)cc3F)nc2s1. The molecule has 0 atom stereocenters. The van der Waals surface area contributed by atoms with Gasteiger partial charge in [0.2, 0.25) is 11.8 Å². The summed E-state index contributed by atoms with van der Waals surface area (Å²) in [4.78, 5) is 33.2. The van der Waals surface area contributed by atoms with Gasteiger partial charge < -0.3 is 15.4 Å². The number of halogens is 3. The maximum Gasteiger partial charge on any atom is 0.257 e. The van der Waals surface area contributed by atoms with Crippen molar-refractivity contribution in [2.24, 2.45) is 0 Å². The van der Waals surface area contributed by atoms with E-state index in [0.717, 1.165) is 23.8 Å². The first-order chi connectivity index (χ1) is 18.2. The first-order valence-electron chi connectivity index (χ1n) is 11.4. The Hall–Kier alpha value is -4.14. The van der Waals surface area contributed by atoms with Gasteiger partial charge in [0.25, 0.3) is 5.91 Å². The van der Waals surface area contributed by atoms with Gasteiger partial charge in [-0.05, 0) is 37.0 Å². The lowest BCUT2D eigenvalue weighted by Crippen LogP contribution is -2.33. The summed E-state index contributed by atoms with van der Waals surface area (Å²) in [7, 11) is 0. The van der Waals surface area contributed by atoms with Gasteiger partial charge in [-0.2, -0.15) is 5.26 Å². The molecule has 2 aromatic carbocycles. The minimum absolute atomic E-state index is 0.00337. The molecule has 2 amide bonds. The van der Waals surface area contributed by atoms with Crippen molar-refractivity contribution < 1.29 is 23.1 Å². The van der Waals surface area contributed by atoms with E-state index in [0.29, 0.717) is 40.0 Å². The highest BCUT2D eigenvalue weighted by Gasteiger charge is 2.41. The number of ether oxygens (including phenoxy) is 1. The van der Waals surface area contributed by atoms with Gasteiger partial charge in [0.15, 0.2) is 16.7 Å².